The van der Waals surface area contributed by atoms with Crippen LogP contribution in [0.1, 0.15) is 6.42 Å². The van der Waals surface area contributed by atoms with E-state index in [-0.39, 0.29) is 0 Å². The smallest absolute Gasteiger partial charge is 0.304 e. The molecule has 0 bridgehead atoms. The third kappa shape index (κ3) is 3.46. The van der Waals surface area contributed by atoms with E-state index in [2.05, 4.69) is 5.32 Å². The van der Waals surface area contributed by atoms with Crippen molar-refractivity contribution in [2.75, 3.05) is 12.0 Å². The Hall–Kier alpha value is -2.76. The summed E-state index contributed by atoms with van der Waals surface area (Å²) >= 11 is 0. The molecule has 114 valence electrons. The summed E-state index contributed by atoms with van der Waals surface area (Å²) in [5.41, 5.74) is 0.449. The summed E-state index contributed by atoms with van der Waals surface area (Å²) < 4.78 is 12.5. The fourth-order valence-corrected chi connectivity index (χ4v) is 2.17. The van der Waals surface area contributed by atoms with E-state index in [9.17, 15) is 18.8 Å². The number of halogens is 1. The molecule has 22 heavy (non-hydrogen) atoms. The molecular weight excluding hydrogens is 289 g/mol. The minimum absolute atomic E-state index is 0.449. The normalized spacial score (nSPS) is 11.9. The predicted octanol–water partition coefficient (Wildman–Crippen LogP) is 2.41. The lowest BCUT2D eigenvalue weighted by atomic mass is 9.99. The number of hydrogen-bond acceptors (Lipinski definition) is 3. The summed E-state index contributed by atoms with van der Waals surface area (Å²) in [4.78, 5) is 34.3. The molecule has 2 aromatic carbocycles. The molecule has 0 aliphatic rings. The summed E-state index contributed by atoms with van der Waals surface area (Å²) in [6.45, 7) is -1.37. The van der Waals surface area contributed by atoms with Gasteiger partial charge in [0.25, 0.3) is 0 Å². The van der Waals surface area contributed by atoms with Crippen molar-refractivity contribution in [1.82, 2.24) is 0 Å². The highest BCUT2D eigenvalue weighted by molar-refractivity contribution is 6.11. The van der Waals surface area contributed by atoms with Crippen LogP contribution in [0.15, 0.2) is 42.5 Å². The first-order valence-electron chi connectivity index (χ1n) is 6.62. The van der Waals surface area contributed by atoms with Crippen LogP contribution in [0.2, 0.25) is 0 Å². The Balaban J connectivity index is 2.28. The van der Waals surface area contributed by atoms with Gasteiger partial charge in [0.15, 0.2) is 5.78 Å². The fourth-order valence-electron chi connectivity index (χ4n) is 2.17. The highest BCUT2D eigenvalue weighted by atomic mass is 19.1. The molecule has 5 nitrogen and oxygen atoms in total. The Morgan fingerprint density at radius 1 is 1.09 bits per heavy atom. The molecule has 6 heteroatoms. The van der Waals surface area contributed by atoms with Crippen LogP contribution in [0.3, 0.4) is 0 Å². The van der Waals surface area contributed by atoms with Crippen molar-refractivity contribution in [2.45, 2.75) is 6.42 Å². The Morgan fingerprint density at radius 2 is 1.77 bits per heavy atom. The van der Waals surface area contributed by atoms with E-state index < -0.39 is 36.7 Å². The average Bonchev–Trinajstić information content (AvgIpc) is 2.52. The molecule has 2 aromatic rings. The van der Waals surface area contributed by atoms with Gasteiger partial charge in [-0.1, -0.05) is 36.4 Å². The Labute approximate surface area is 125 Å². The summed E-state index contributed by atoms with van der Waals surface area (Å²) in [7, 11) is 0. The number of carbonyl (C=O) groups is 3. The molecule has 1 atom stereocenters. The van der Waals surface area contributed by atoms with Crippen LogP contribution in [0.25, 0.3) is 10.8 Å². The monoisotopic (exact) mass is 303 g/mol. The minimum atomic E-state index is -1.54. The standard InChI is InChI=1S/C16H14FNO4/c17-9-14(19)12(8-15(20)21)16(22)18-13-7-3-5-10-4-1-2-6-11(10)13/h1-7,12H,8-9H2,(H,18,22)(H,20,21). The largest absolute Gasteiger partial charge is 0.481 e. The van der Waals surface area contributed by atoms with Gasteiger partial charge in [-0.25, -0.2) is 4.39 Å². The van der Waals surface area contributed by atoms with Crippen LogP contribution >= 0.6 is 0 Å². The van der Waals surface area contributed by atoms with Crippen molar-refractivity contribution < 1.29 is 23.9 Å². The van der Waals surface area contributed by atoms with Crippen molar-refractivity contribution in [1.29, 1.82) is 0 Å². The lowest BCUT2D eigenvalue weighted by Crippen LogP contribution is -2.32. The van der Waals surface area contributed by atoms with E-state index in [4.69, 9.17) is 5.11 Å². The molecule has 1 amide bonds. The van der Waals surface area contributed by atoms with E-state index in [1.54, 1.807) is 24.3 Å². The van der Waals surface area contributed by atoms with Gasteiger partial charge in [0.2, 0.25) is 5.91 Å². The lowest BCUT2D eigenvalue weighted by Gasteiger charge is -2.14. The van der Waals surface area contributed by atoms with E-state index >= 15 is 0 Å². The number of carboxylic acid groups (broad SMARTS) is 1. The molecule has 1 unspecified atom stereocenters. The van der Waals surface area contributed by atoms with Crippen LogP contribution in [0.4, 0.5) is 10.1 Å². The first kappa shape index (κ1) is 15.6. The van der Waals surface area contributed by atoms with Crippen LogP contribution in [0, 0.1) is 5.92 Å². The quantitative estimate of drug-likeness (QED) is 0.803. The average molecular weight is 303 g/mol. The van der Waals surface area contributed by atoms with E-state index in [1.165, 1.54) is 0 Å². The van der Waals surface area contributed by atoms with E-state index in [1.807, 2.05) is 18.2 Å². The highest BCUT2D eigenvalue weighted by Crippen LogP contribution is 2.24. The number of Topliss-reactive ketones (excluding diaryl/α,β-unsaturated/α-hetero) is 1. The second-order valence-corrected chi connectivity index (χ2v) is 4.77. The number of nitrogens with one attached hydrogen (secondary N) is 1. The number of rotatable bonds is 6. The zero-order valence-electron chi connectivity index (χ0n) is 11.6. The van der Waals surface area contributed by atoms with Gasteiger partial charge in [-0.3, -0.25) is 14.4 Å². The SMILES string of the molecule is O=C(O)CC(C(=O)CF)C(=O)Nc1cccc2ccccc12. The van der Waals surface area contributed by atoms with Crippen molar-refractivity contribution in [3.63, 3.8) is 0 Å². The molecule has 0 spiro atoms. The van der Waals surface area contributed by atoms with Gasteiger partial charge in [0.05, 0.1) is 6.42 Å². The zero-order chi connectivity index (χ0) is 16.1. The number of aliphatic carboxylic acids is 1. The van der Waals surface area contributed by atoms with Gasteiger partial charge in [0, 0.05) is 11.1 Å². The Morgan fingerprint density at radius 3 is 2.45 bits per heavy atom. The van der Waals surface area contributed by atoms with Gasteiger partial charge in [-0.2, -0.15) is 0 Å². The van der Waals surface area contributed by atoms with Crippen molar-refractivity contribution >= 4 is 34.1 Å². The number of ketones is 1. The number of fused-ring (bicyclic) bond motifs is 1. The number of carboxylic acids is 1. The molecule has 0 saturated heterocycles. The molecule has 0 radical (unpaired) electrons. The number of carbonyl (C=O) groups excluding carboxylic acids is 2. The lowest BCUT2D eigenvalue weighted by molar-refractivity contribution is -0.144. The van der Waals surface area contributed by atoms with Crippen molar-refractivity contribution in [3.05, 3.63) is 42.5 Å². The number of benzene rings is 2. The topological polar surface area (TPSA) is 83.5 Å². The third-order valence-corrected chi connectivity index (χ3v) is 3.26. The molecule has 0 aliphatic heterocycles. The van der Waals surface area contributed by atoms with E-state index in [0.29, 0.717) is 5.69 Å². The molecule has 0 aliphatic carbocycles. The van der Waals surface area contributed by atoms with Crippen LogP contribution < -0.4 is 5.32 Å². The van der Waals surface area contributed by atoms with Crippen molar-refractivity contribution in [3.8, 4) is 0 Å². The molecule has 2 N–H and O–H groups in total. The van der Waals surface area contributed by atoms with Gasteiger partial charge < -0.3 is 10.4 Å². The van der Waals surface area contributed by atoms with Crippen molar-refractivity contribution in [2.24, 2.45) is 5.92 Å². The number of anilines is 1. The zero-order valence-corrected chi connectivity index (χ0v) is 11.6. The van der Waals surface area contributed by atoms with Crippen LogP contribution in [-0.2, 0) is 14.4 Å². The maximum Gasteiger partial charge on any atom is 0.304 e. The first-order chi connectivity index (χ1) is 10.5. The predicted molar refractivity (Wildman–Crippen MR) is 79.3 cm³/mol. The second kappa shape index (κ2) is 6.80. The molecule has 0 fully saturated rings. The maximum absolute atomic E-state index is 12.5. The van der Waals surface area contributed by atoms with Gasteiger partial charge in [-0.15, -0.1) is 0 Å². The Kier molecular flexibility index (Phi) is 4.83. The highest BCUT2D eigenvalue weighted by Gasteiger charge is 2.29. The molecule has 0 heterocycles. The molecule has 2 rings (SSSR count). The van der Waals surface area contributed by atoms with Crippen LogP contribution in [0.5, 0.6) is 0 Å². The summed E-state index contributed by atoms with van der Waals surface area (Å²) in [5.74, 6) is -4.73. The molecular formula is C16H14FNO4. The number of alkyl halides is 1. The first-order valence-corrected chi connectivity index (χ1v) is 6.62. The Bertz CT molecular complexity index is 724. The summed E-state index contributed by atoms with van der Waals surface area (Å²) in [6, 6.07) is 12.5. The number of hydrogen-bond donors (Lipinski definition) is 2. The molecule has 0 aromatic heterocycles. The van der Waals surface area contributed by atoms with E-state index in [0.717, 1.165) is 10.8 Å². The van der Waals surface area contributed by atoms with Gasteiger partial charge >= 0.3 is 5.97 Å². The summed E-state index contributed by atoms with van der Waals surface area (Å²) in [6.07, 6.45) is -0.737. The van der Waals surface area contributed by atoms with Gasteiger partial charge in [-0.05, 0) is 11.5 Å². The van der Waals surface area contributed by atoms with Crippen LogP contribution in [-0.4, -0.2) is 29.4 Å². The minimum Gasteiger partial charge on any atom is -0.481 e. The molecule has 0 saturated carbocycles. The van der Waals surface area contributed by atoms with Gasteiger partial charge in [0.1, 0.15) is 12.6 Å². The number of amides is 1. The maximum atomic E-state index is 12.5. The second-order valence-electron chi connectivity index (χ2n) is 4.77. The third-order valence-electron chi connectivity index (χ3n) is 3.26. The summed E-state index contributed by atoms with van der Waals surface area (Å²) in [5, 5.41) is 12.9. The fraction of sp³-hybridized carbons (Fsp3) is 0.188.